The van der Waals surface area contributed by atoms with Gasteiger partial charge in [0.2, 0.25) is 11.8 Å². The molecule has 0 unspecified atom stereocenters. The van der Waals surface area contributed by atoms with Crippen LogP contribution < -0.4 is 20.7 Å². The number of hydrogen-bond acceptors (Lipinski definition) is 4. The molecule has 0 fully saturated rings. The van der Waals surface area contributed by atoms with E-state index in [2.05, 4.69) is 16.0 Å². The number of benzene rings is 2. The minimum Gasteiger partial charge on any atom is -0.497 e. The largest absolute Gasteiger partial charge is 0.497 e. The summed E-state index contributed by atoms with van der Waals surface area (Å²) in [5.41, 5.74) is 2.19. The Morgan fingerprint density at radius 1 is 1.00 bits per heavy atom. The van der Waals surface area contributed by atoms with E-state index < -0.39 is 0 Å². The lowest BCUT2D eigenvalue weighted by Gasteiger charge is -2.11. The van der Waals surface area contributed by atoms with Gasteiger partial charge in [0, 0.05) is 17.8 Å². The van der Waals surface area contributed by atoms with Gasteiger partial charge < -0.3 is 20.7 Å². The van der Waals surface area contributed by atoms with Gasteiger partial charge in [0.05, 0.1) is 13.5 Å². The highest BCUT2D eigenvalue weighted by atomic mass is 32.1. The molecule has 0 saturated heterocycles. The second-order valence-corrected chi connectivity index (χ2v) is 5.92. The summed E-state index contributed by atoms with van der Waals surface area (Å²) in [6.45, 7) is 1.78. The first-order valence-electron chi connectivity index (χ1n) is 8.14. The number of hydrogen-bond donors (Lipinski definition) is 3. The summed E-state index contributed by atoms with van der Waals surface area (Å²) in [6, 6.07) is 14.4. The van der Waals surface area contributed by atoms with E-state index in [0.29, 0.717) is 17.8 Å². The van der Waals surface area contributed by atoms with E-state index >= 15 is 0 Å². The molecule has 0 heterocycles. The molecule has 2 rings (SSSR count). The van der Waals surface area contributed by atoms with E-state index in [0.717, 1.165) is 11.3 Å². The smallest absolute Gasteiger partial charge is 0.230 e. The maximum absolute atomic E-state index is 12.1. The monoisotopic (exact) mass is 371 g/mol. The number of carbonyl (C=O) groups excluding carboxylic acids is 2. The third-order valence-electron chi connectivity index (χ3n) is 3.50. The number of methoxy groups -OCH3 is 1. The summed E-state index contributed by atoms with van der Waals surface area (Å²) in [7, 11) is 1.59. The van der Waals surface area contributed by atoms with Crippen molar-refractivity contribution in [3.05, 3.63) is 54.1 Å². The lowest BCUT2D eigenvalue weighted by Crippen LogP contribution is -2.35. The molecule has 2 aromatic carbocycles. The molecule has 26 heavy (non-hydrogen) atoms. The molecule has 3 N–H and O–H groups in total. The molecular formula is C19H21N3O3S. The molecule has 0 aliphatic carbocycles. The molecule has 0 bridgehead atoms. The minimum atomic E-state index is -0.219. The van der Waals surface area contributed by atoms with Gasteiger partial charge in [0.15, 0.2) is 5.11 Å². The van der Waals surface area contributed by atoms with Crippen LogP contribution in [0.4, 0.5) is 11.4 Å². The van der Waals surface area contributed by atoms with Gasteiger partial charge in [-0.3, -0.25) is 9.59 Å². The molecule has 6 nitrogen and oxygen atoms in total. The number of rotatable bonds is 6. The molecule has 7 heteroatoms. The Balaban J connectivity index is 1.88. The molecule has 136 valence electrons. The Bertz CT molecular complexity index is 791. The zero-order chi connectivity index (χ0) is 18.9. The average Bonchev–Trinajstić information content (AvgIpc) is 2.62. The molecule has 0 spiro atoms. The minimum absolute atomic E-state index is 0.0717. The van der Waals surface area contributed by atoms with Crippen molar-refractivity contribution in [2.75, 3.05) is 17.7 Å². The first-order valence-corrected chi connectivity index (χ1v) is 8.54. The zero-order valence-electron chi connectivity index (χ0n) is 14.7. The molecule has 0 atom stereocenters. The summed E-state index contributed by atoms with van der Waals surface area (Å²) >= 11 is 5.17. The van der Waals surface area contributed by atoms with Gasteiger partial charge >= 0.3 is 0 Å². The van der Waals surface area contributed by atoms with Crippen molar-refractivity contribution >= 4 is 40.5 Å². The fourth-order valence-electron chi connectivity index (χ4n) is 2.19. The summed E-state index contributed by atoms with van der Waals surface area (Å²) in [5.74, 6) is 0.446. The number of carbonyl (C=O) groups is 2. The normalized spacial score (nSPS) is 9.92. The number of thiocarbonyl (C=S) groups is 1. The highest BCUT2D eigenvalue weighted by Gasteiger charge is 2.07. The Hall–Kier alpha value is -2.93. The second-order valence-electron chi connectivity index (χ2n) is 5.51. The predicted octanol–water partition coefficient (Wildman–Crippen LogP) is 3.10. The van der Waals surface area contributed by atoms with Gasteiger partial charge in [0.1, 0.15) is 5.75 Å². The van der Waals surface area contributed by atoms with Crippen molar-refractivity contribution in [3.8, 4) is 5.75 Å². The molecule has 0 aliphatic rings. The number of amides is 2. The topological polar surface area (TPSA) is 79.5 Å². The maximum Gasteiger partial charge on any atom is 0.230 e. The third kappa shape index (κ3) is 6.18. The standard InChI is InChI=1S/C19H21N3O3S/c1-3-17(23)20-14-5-4-6-15(12-14)21-19(26)22-18(24)11-13-7-9-16(25-2)10-8-13/h4-10,12H,3,11H2,1-2H3,(H,20,23)(H2,21,22,24,26). The van der Waals surface area contributed by atoms with Crippen LogP contribution in [-0.4, -0.2) is 24.0 Å². The highest BCUT2D eigenvalue weighted by molar-refractivity contribution is 7.80. The quantitative estimate of drug-likeness (QED) is 0.680. The van der Waals surface area contributed by atoms with Crippen LogP contribution in [0, 0.1) is 0 Å². The molecular weight excluding hydrogens is 350 g/mol. The van der Waals surface area contributed by atoms with Crippen molar-refractivity contribution in [3.63, 3.8) is 0 Å². The third-order valence-corrected chi connectivity index (χ3v) is 3.71. The Labute approximate surface area is 157 Å². The van der Waals surface area contributed by atoms with Gasteiger partial charge in [0.25, 0.3) is 0 Å². The lowest BCUT2D eigenvalue weighted by molar-refractivity contribution is -0.119. The van der Waals surface area contributed by atoms with E-state index in [9.17, 15) is 9.59 Å². The second kappa shape index (κ2) is 9.53. The Kier molecular flexibility index (Phi) is 7.11. The van der Waals surface area contributed by atoms with E-state index in [1.807, 2.05) is 12.1 Å². The van der Waals surface area contributed by atoms with Crippen LogP contribution in [0.3, 0.4) is 0 Å². The lowest BCUT2D eigenvalue weighted by atomic mass is 10.1. The van der Waals surface area contributed by atoms with Crippen LogP contribution in [0.1, 0.15) is 18.9 Å². The fraction of sp³-hybridized carbons (Fsp3) is 0.211. The number of anilines is 2. The van der Waals surface area contributed by atoms with E-state index in [1.54, 1.807) is 50.4 Å². The Morgan fingerprint density at radius 2 is 1.65 bits per heavy atom. The molecule has 0 radical (unpaired) electrons. The van der Waals surface area contributed by atoms with Crippen LogP contribution in [0.5, 0.6) is 5.75 Å². The van der Waals surface area contributed by atoms with Crippen molar-refractivity contribution in [2.45, 2.75) is 19.8 Å². The summed E-state index contributed by atoms with van der Waals surface area (Å²) in [4.78, 5) is 23.5. The molecule has 2 amide bonds. The van der Waals surface area contributed by atoms with Crippen LogP contribution in [-0.2, 0) is 16.0 Å². The highest BCUT2D eigenvalue weighted by Crippen LogP contribution is 2.15. The van der Waals surface area contributed by atoms with Crippen LogP contribution in [0.2, 0.25) is 0 Å². The van der Waals surface area contributed by atoms with Gasteiger partial charge in [-0.2, -0.15) is 0 Å². The summed E-state index contributed by atoms with van der Waals surface area (Å²) in [5, 5.41) is 8.54. The maximum atomic E-state index is 12.1. The number of ether oxygens (including phenoxy) is 1. The van der Waals surface area contributed by atoms with Crippen molar-refractivity contribution < 1.29 is 14.3 Å². The molecule has 0 aliphatic heterocycles. The molecule has 0 saturated carbocycles. The first-order chi connectivity index (χ1) is 12.5. The van der Waals surface area contributed by atoms with Gasteiger partial charge in [-0.1, -0.05) is 25.1 Å². The van der Waals surface area contributed by atoms with E-state index in [4.69, 9.17) is 17.0 Å². The average molecular weight is 371 g/mol. The zero-order valence-corrected chi connectivity index (χ0v) is 15.5. The van der Waals surface area contributed by atoms with Crippen molar-refractivity contribution in [1.29, 1.82) is 0 Å². The predicted molar refractivity (Wildman–Crippen MR) is 106 cm³/mol. The summed E-state index contributed by atoms with van der Waals surface area (Å²) in [6.07, 6.45) is 0.607. The molecule has 0 aromatic heterocycles. The van der Waals surface area contributed by atoms with Gasteiger partial charge in [-0.25, -0.2) is 0 Å². The Morgan fingerprint density at radius 3 is 2.27 bits per heavy atom. The van der Waals surface area contributed by atoms with Crippen LogP contribution in [0.15, 0.2) is 48.5 Å². The first kappa shape index (κ1) is 19.4. The summed E-state index contributed by atoms with van der Waals surface area (Å²) < 4.78 is 5.09. The van der Waals surface area contributed by atoms with Crippen molar-refractivity contribution in [1.82, 2.24) is 5.32 Å². The van der Waals surface area contributed by atoms with E-state index in [-0.39, 0.29) is 23.3 Å². The van der Waals surface area contributed by atoms with Gasteiger partial charge in [-0.15, -0.1) is 0 Å². The SMILES string of the molecule is CCC(=O)Nc1cccc(NC(=S)NC(=O)Cc2ccc(OC)cc2)c1. The fourth-order valence-corrected chi connectivity index (χ4v) is 2.42. The number of nitrogens with one attached hydrogen (secondary N) is 3. The van der Waals surface area contributed by atoms with Crippen molar-refractivity contribution in [2.24, 2.45) is 0 Å². The van der Waals surface area contributed by atoms with Crippen LogP contribution >= 0.6 is 12.2 Å². The van der Waals surface area contributed by atoms with Crippen LogP contribution in [0.25, 0.3) is 0 Å². The molecule has 2 aromatic rings. The van der Waals surface area contributed by atoms with Gasteiger partial charge in [-0.05, 0) is 48.1 Å². The van der Waals surface area contributed by atoms with E-state index in [1.165, 1.54) is 0 Å².